The summed E-state index contributed by atoms with van der Waals surface area (Å²) >= 11 is 8.13. The summed E-state index contributed by atoms with van der Waals surface area (Å²) in [6.07, 6.45) is 4.96. The summed E-state index contributed by atoms with van der Waals surface area (Å²) in [5.41, 5.74) is 0.122. The summed E-state index contributed by atoms with van der Waals surface area (Å²) in [6.45, 7) is 2.89. The number of nitrogens with zero attached hydrogens (tertiary/aromatic N) is 4. The van der Waals surface area contributed by atoms with E-state index in [1.807, 2.05) is 30.0 Å². The number of halogens is 3. The zero-order valence-electron chi connectivity index (χ0n) is 30.9. The van der Waals surface area contributed by atoms with Gasteiger partial charge in [0.2, 0.25) is 5.91 Å². The molecule has 3 aliphatic rings. The first kappa shape index (κ1) is 40.5. The largest absolute Gasteiger partial charge is 0.495 e. The van der Waals surface area contributed by atoms with Crippen LogP contribution in [-0.2, 0) is 19.8 Å². The predicted molar refractivity (Wildman–Crippen MR) is 204 cm³/mol. The van der Waals surface area contributed by atoms with Gasteiger partial charge in [0.25, 0.3) is 11.8 Å². The lowest BCUT2D eigenvalue weighted by atomic mass is 10.1. The Hall–Kier alpha value is -4.13. The van der Waals surface area contributed by atoms with E-state index in [2.05, 4.69) is 10.6 Å². The summed E-state index contributed by atoms with van der Waals surface area (Å²) in [5.74, 6) is -4.61. The maximum absolute atomic E-state index is 14.0. The number of allylic oxidation sites excluding steroid dienone is 1. The summed E-state index contributed by atoms with van der Waals surface area (Å²) in [6, 6.07) is 3.40. The van der Waals surface area contributed by atoms with Crippen molar-refractivity contribution in [3.05, 3.63) is 46.4 Å². The normalized spacial score (nSPS) is 23.5. The summed E-state index contributed by atoms with van der Waals surface area (Å²) < 4.78 is 68.0. The molecular weight excluding hydrogens is 780 g/mol. The second-order valence-corrected chi connectivity index (χ2v) is 17.3. The Kier molecular flexibility index (Phi) is 11.9. The van der Waals surface area contributed by atoms with Gasteiger partial charge < -0.3 is 25.0 Å². The van der Waals surface area contributed by atoms with E-state index in [1.165, 1.54) is 23.3 Å². The quantitative estimate of drug-likeness (QED) is 0.231. The fraction of sp³-hybridized carbons (Fsp3) is 0.528. The van der Waals surface area contributed by atoms with Gasteiger partial charge in [-0.2, -0.15) is 12.7 Å². The maximum atomic E-state index is 14.0. The number of hydrogen-bond acceptors (Lipinski definition) is 10. The molecule has 2 aliphatic heterocycles. The van der Waals surface area contributed by atoms with Crippen molar-refractivity contribution in [2.45, 2.75) is 75.8 Å². The molecule has 0 unspecified atom stereocenters. The summed E-state index contributed by atoms with van der Waals surface area (Å²) in [7, 11) is -1.54. The molecule has 0 spiro atoms. The van der Waals surface area contributed by atoms with Crippen LogP contribution in [0.1, 0.15) is 64.0 Å². The van der Waals surface area contributed by atoms with Gasteiger partial charge >= 0.3 is 16.2 Å². The smallest absolute Gasteiger partial charge is 0.317 e. The van der Waals surface area contributed by atoms with Crippen molar-refractivity contribution in [1.29, 1.82) is 0 Å². The Morgan fingerprint density at radius 1 is 1.18 bits per heavy atom. The fourth-order valence-corrected chi connectivity index (χ4v) is 8.98. The first-order chi connectivity index (χ1) is 26.0. The van der Waals surface area contributed by atoms with E-state index in [0.29, 0.717) is 56.8 Å². The second-order valence-electron chi connectivity index (χ2n) is 14.3. The molecule has 2 fully saturated rings. The molecule has 6 rings (SSSR count). The zero-order valence-corrected chi connectivity index (χ0v) is 33.3. The van der Waals surface area contributed by atoms with Gasteiger partial charge in [-0.25, -0.2) is 28.3 Å². The molecule has 1 saturated heterocycles. The highest BCUT2D eigenvalue weighted by molar-refractivity contribution is 7.87. The number of fused-ring (bicyclic) bond motifs is 2. The fourth-order valence-electron chi connectivity index (χ4n) is 6.52. The van der Waals surface area contributed by atoms with Crippen LogP contribution < -0.4 is 24.8 Å². The second kappa shape index (κ2) is 16.2. The molecule has 1 aliphatic carbocycles. The number of ether oxygens (including phenoxy) is 2. The molecule has 19 heteroatoms. The van der Waals surface area contributed by atoms with Gasteiger partial charge in [-0.3, -0.25) is 9.59 Å². The standard InChI is InChI=1S/C36H44ClF2N7O7S2/c1-21(2)26-19-54-32(41-26)25-17-28(23-10-11-27(52-4)29(37)30(23)40-25)53-16-12-24-31(47)43-36(33(48)44-55(50,51)46-15-13-35(38,39)20-46)18-22(36)9-7-5-6-8-14-45(3)34(49)42-24/h7,9-11,17,19,21-22,24H,5-6,8,12-16,18,20H2,1-4H3,(H,42,49)(H,43,47)(H,44,48)/t22-,24+,36-/m1/s1. The Morgan fingerprint density at radius 3 is 2.65 bits per heavy atom. The lowest BCUT2D eigenvalue weighted by molar-refractivity contribution is -0.130. The molecule has 3 atom stereocenters. The van der Waals surface area contributed by atoms with Crippen molar-refractivity contribution < 1.29 is 41.1 Å². The molecule has 2 aromatic heterocycles. The summed E-state index contributed by atoms with van der Waals surface area (Å²) in [5, 5.41) is 8.88. The van der Waals surface area contributed by atoms with Gasteiger partial charge in [-0.1, -0.05) is 37.6 Å². The van der Waals surface area contributed by atoms with Crippen molar-refractivity contribution in [3.63, 3.8) is 0 Å². The first-order valence-corrected chi connectivity index (χ1v) is 20.7. The number of thiazole rings is 1. The van der Waals surface area contributed by atoms with Crippen LogP contribution in [0.2, 0.25) is 5.02 Å². The average Bonchev–Trinajstić information content (AvgIpc) is 3.41. The number of amides is 4. The molecule has 0 radical (unpaired) electrons. The number of pyridine rings is 1. The number of alkyl halides is 2. The monoisotopic (exact) mass is 823 g/mol. The molecule has 298 valence electrons. The SMILES string of the molecule is COc1ccc2c(OCC[C@@H]3NC(=O)N(C)CCCCC=C[C@@H]4C[C@@]4(C(=O)NS(=O)(=O)N4CCC(F)(F)C4)NC3=O)cc(-c3nc(C(C)C)cs3)nc2c1Cl. The summed E-state index contributed by atoms with van der Waals surface area (Å²) in [4.78, 5) is 52.0. The van der Waals surface area contributed by atoms with E-state index in [4.69, 9.17) is 31.0 Å². The van der Waals surface area contributed by atoms with Crippen molar-refractivity contribution in [2.75, 3.05) is 40.4 Å². The van der Waals surface area contributed by atoms with Crippen molar-refractivity contribution in [1.82, 2.24) is 34.5 Å². The van der Waals surface area contributed by atoms with Gasteiger partial charge in [0.15, 0.2) is 0 Å². The van der Waals surface area contributed by atoms with E-state index in [-0.39, 0.29) is 30.4 Å². The number of methoxy groups -OCH3 is 1. The molecule has 4 heterocycles. The van der Waals surface area contributed by atoms with Crippen LogP contribution in [0.5, 0.6) is 11.5 Å². The third kappa shape index (κ3) is 8.97. The van der Waals surface area contributed by atoms with Crippen LogP contribution in [0.15, 0.2) is 35.7 Å². The third-order valence-electron chi connectivity index (χ3n) is 9.97. The van der Waals surface area contributed by atoms with Crippen LogP contribution in [-0.4, -0.2) is 103 Å². The van der Waals surface area contributed by atoms with Crippen LogP contribution in [0.3, 0.4) is 0 Å². The maximum Gasteiger partial charge on any atom is 0.317 e. The molecule has 3 N–H and O–H groups in total. The lowest BCUT2D eigenvalue weighted by Crippen LogP contribution is -2.59. The number of benzene rings is 1. The lowest BCUT2D eigenvalue weighted by Gasteiger charge is -2.26. The van der Waals surface area contributed by atoms with Crippen LogP contribution in [0, 0.1) is 5.92 Å². The van der Waals surface area contributed by atoms with Crippen molar-refractivity contribution in [2.24, 2.45) is 5.92 Å². The number of nitrogens with one attached hydrogen (secondary N) is 3. The van der Waals surface area contributed by atoms with Crippen LogP contribution >= 0.6 is 22.9 Å². The highest BCUT2D eigenvalue weighted by atomic mass is 35.5. The Bertz CT molecular complexity index is 2100. The minimum Gasteiger partial charge on any atom is -0.495 e. The molecule has 1 saturated carbocycles. The van der Waals surface area contributed by atoms with Gasteiger partial charge in [0, 0.05) is 55.7 Å². The number of urea groups is 1. The van der Waals surface area contributed by atoms with E-state index in [0.717, 1.165) is 12.1 Å². The Morgan fingerprint density at radius 2 is 1.96 bits per heavy atom. The molecule has 14 nitrogen and oxygen atoms in total. The Balaban J connectivity index is 1.26. The van der Waals surface area contributed by atoms with E-state index >= 15 is 0 Å². The molecule has 55 heavy (non-hydrogen) atoms. The zero-order chi connectivity index (χ0) is 39.7. The van der Waals surface area contributed by atoms with Gasteiger partial charge in [0.05, 0.1) is 31.5 Å². The van der Waals surface area contributed by atoms with E-state index in [1.54, 1.807) is 31.3 Å². The molecule has 4 amide bonds. The Labute approximate surface area is 327 Å². The van der Waals surface area contributed by atoms with E-state index < -0.39 is 71.0 Å². The van der Waals surface area contributed by atoms with Crippen LogP contribution in [0.4, 0.5) is 13.6 Å². The topological polar surface area (TPSA) is 172 Å². The molecule has 1 aromatic carbocycles. The minimum absolute atomic E-state index is 0.0646. The highest BCUT2D eigenvalue weighted by Gasteiger charge is 2.61. The van der Waals surface area contributed by atoms with E-state index in [9.17, 15) is 31.6 Å². The van der Waals surface area contributed by atoms with Gasteiger partial charge in [-0.15, -0.1) is 11.3 Å². The average molecular weight is 824 g/mol. The van der Waals surface area contributed by atoms with Crippen molar-refractivity contribution >= 4 is 61.9 Å². The molecule has 3 aromatic rings. The number of rotatable bonds is 10. The third-order valence-corrected chi connectivity index (χ3v) is 12.7. The minimum atomic E-state index is -4.64. The number of carbonyl (C=O) groups is 3. The van der Waals surface area contributed by atoms with Crippen molar-refractivity contribution in [3.8, 4) is 22.2 Å². The number of hydrogen-bond donors (Lipinski definition) is 3. The molecular formula is C36H44ClF2N7O7S2. The van der Waals surface area contributed by atoms with Gasteiger partial charge in [-0.05, 0) is 43.7 Å². The highest BCUT2D eigenvalue weighted by Crippen LogP contribution is 2.46. The van der Waals surface area contributed by atoms with Gasteiger partial charge in [0.1, 0.15) is 38.8 Å². The van der Waals surface area contributed by atoms with Crippen LogP contribution in [0.25, 0.3) is 21.6 Å². The number of aromatic nitrogens is 2. The first-order valence-electron chi connectivity index (χ1n) is 18.0. The predicted octanol–water partition coefficient (Wildman–Crippen LogP) is 5.24. The molecule has 0 bridgehead atoms. The number of carbonyl (C=O) groups excluding carboxylic acids is 3.